The average Bonchev–Trinajstić information content (AvgIpc) is 2.97. The predicted molar refractivity (Wildman–Crippen MR) is 87.8 cm³/mol. The van der Waals surface area contributed by atoms with Gasteiger partial charge in [0.1, 0.15) is 5.60 Å². The van der Waals surface area contributed by atoms with Crippen LogP contribution in [0.5, 0.6) is 0 Å². The Bertz CT molecular complexity index is 695. The Morgan fingerprint density at radius 2 is 2.26 bits per heavy atom. The number of rotatable bonds is 5. The Balaban J connectivity index is 1.56. The second kappa shape index (κ2) is 6.54. The van der Waals surface area contributed by atoms with E-state index in [1.807, 2.05) is 31.4 Å². The Morgan fingerprint density at radius 3 is 3.04 bits per heavy atom. The molecule has 0 aliphatic heterocycles. The highest BCUT2D eigenvalue weighted by molar-refractivity contribution is 5.76. The van der Waals surface area contributed by atoms with Gasteiger partial charge in [-0.05, 0) is 42.4 Å². The molecule has 122 valence electrons. The first-order valence-electron chi connectivity index (χ1n) is 8.12. The van der Waals surface area contributed by atoms with E-state index in [9.17, 15) is 9.90 Å². The van der Waals surface area contributed by atoms with Crippen LogP contribution in [0.2, 0.25) is 0 Å². The van der Waals surface area contributed by atoms with Crippen molar-refractivity contribution in [3.8, 4) is 0 Å². The zero-order valence-corrected chi connectivity index (χ0v) is 13.5. The van der Waals surface area contributed by atoms with E-state index in [-0.39, 0.29) is 12.5 Å². The van der Waals surface area contributed by atoms with E-state index in [1.54, 1.807) is 10.9 Å². The number of amides is 1. The van der Waals surface area contributed by atoms with Gasteiger partial charge in [0.15, 0.2) is 0 Å². The van der Waals surface area contributed by atoms with E-state index in [1.165, 1.54) is 5.56 Å². The fraction of sp³-hybridized carbons (Fsp3) is 0.444. The lowest BCUT2D eigenvalue weighted by Gasteiger charge is -2.34. The fourth-order valence-electron chi connectivity index (χ4n) is 3.27. The van der Waals surface area contributed by atoms with Gasteiger partial charge in [-0.1, -0.05) is 24.3 Å². The largest absolute Gasteiger partial charge is 0.383 e. The molecule has 1 amide bonds. The summed E-state index contributed by atoms with van der Waals surface area (Å²) in [5.74, 6) is -0.0367. The maximum Gasteiger partial charge on any atom is 0.220 e. The molecule has 1 atom stereocenters. The Hall–Kier alpha value is -2.14. The van der Waals surface area contributed by atoms with Crippen molar-refractivity contribution < 1.29 is 9.90 Å². The zero-order chi connectivity index (χ0) is 16.3. The third kappa shape index (κ3) is 3.62. The molecule has 1 aliphatic rings. The molecule has 23 heavy (non-hydrogen) atoms. The first-order valence-corrected chi connectivity index (χ1v) is 8.12. The summed E-state index contributed by atoms with van der Waals surface area (Å²) < 4.78 is 1.73. The maximum atomic E-state index is 12.1. The molecule has 3 rings (SSSR count). The lowest BCUT2D eigenvalue weighted by atomic mass is 9.79. The van der Waals surface area contributed by atoms with Crippen LogP contribution in [0.3, 0.4) is 0 Å². The van der Waals surface area contributed by atoms with Crippen molar-refractivity contribution >= 4 is 5.91 Å². The molecule has 5 nitrogen and oxygen atoms in total. The van der Waals surface area contributed by atoms with E-state index in [0.717, 1.165) is 24.0 Å². The van der Waals surface area contributed by atoms with Gasteiger partial charge in [0, 0.05) is 19.7 Å². The van der Waals surface area contributed by atoms with Crippen LogP contribution in [0.4, 0.5) is 0 Å². The molecule has 0 fully saturated rings. The first kappa shape index (κ1) is 15.7. The smallest absolute Gasteiger partial charge is 0.220 e. The summed E-state index contributed by atoms with van der Waals surface area (Å²) in [6, 6.07) is 7.97. The van der Waals surface area contributed by atoms with Crippen molar-refractivity contribution in [1.29, 1.82) is 0 Å². The summed E-state index contributed by atoms with van der Waals surface area (Å²) >= 11 is 0. The van der Waals surface area contributed by atoms with Gasteiger partial charge in [0.2, 0.25) is 5.91 Å². The van der Waals surface area contributed by atoms with Gasteiger partial charge in [-0.15, -0.1) is 0 Å². The van der Waals surface area contributed by atoms with Crippen molar-refractivity contribution in [3.63, 3.8) is 0 Å². The van der Waals surface area contributed by atoms with Crippen LogP contribution in [0.1, 0.15) is 36.0 Å². The second-order valence-electron chi connectivity index (χ2n) is 6.34. The van der Waals surface area contributed by atoms with Crippen LogP contribution in [-0.4, -0.2) is 27.3 Å². The third-order valence-electron chi connectivity index (χ3n) is 4.53. The Kier molecular flexibility index (Phi) is 4.48. The first-order chi connectivity index (χ1) is 11.1. The van der Waals surface area contributed by atoms with E-state index < -0.39 is 5.60 Å². The lowest BCUT2D eigenvalue weighted by molar-refractivity contribution is -0.122. The SMILES string of the molecule is Cn1cc(CCC(=O)NC[C@]2(O)CCCc3ccccc32)cn1. The number of benzene rings is 1. The van der Waals surface area contributed by atoms with Crippen molar-refractivity contribution in [3.05, 3.63) is 53.3 Å². The van der Waals surface area contributed by atoms with Crippen molar-refractivity contribution in [1.82, 2.24) is 15.1 Å². The summed E-state index contributed by atoms with van der Waals surface area (Å²) in [7, 11) is 1.86. The minimum absolute atomic E-state index is 0.0367. The van der Waals surface area contributed by atoms with Crippen LogP contribution in [0.25, 0.3) is 0 Å². The standard InChI is InChI=1S/C18H23N3O2/c1-21-12-14(11-20-21)8-9-17(22)19-13-18(23)10-4-6-15-5-2-3-7-16(15)18/h2-3,5,7,11-12,23H,4,6,8-10,13H2,1H3,(H,19,22)/t18-/m1/s1. The van der Waals surface area contributed by atoms with Crippen LogP contribution in [-0.2, 0) is 30.3 Å². The molecule has 0 unspecified atom stereocenters. The van der Waals surface area contributed by atoms with Gasteiger partial charge < -0.3 is 10.4 Å². The molecule has 0 saturated heterocycles. The van der Waals surface area contributed by atoms with Gasteiger partial charge >= 0.3 is 0 Å². The summed E-state index contributed by atoms with van der Waals surface area (Å²) in [4.78, 5) is 12.1. The average molecular weight is 313 g/mol. The van der Waals surface area contributed by atoms with E-state index >= 15 is 0 Å². The number of nitrogens with zero attached hydrogens (tertiary/aromatic N) is 2. The molecular weight excluding hydrogens is 290 g/mol. The molecule has 1 heterocycles. The number of aryl methyl sites for hydroxylation is 3. The van der Waals surface area contributed by atoms with E-state index in [4.69, 9.17) is 0 Å². The monoisotopic (exact) mass is 313 g/mol. The zero-order valence-electron chi connectivity index (χ0n) is 13.5. The van der Waals surface area contributed by atoms with Gasteiger partial charge in [-0.3, -0.25) is 9.48 Å². The van der Waals surface area contributed by atoms with Gasteiger partial charge in [0.05, 0.1) is 12.7 Å². The quantitative estimate of drug-likeness (QED) is 0.883. The van der Waals surface area contributed by atoms with Crippen LogP contribution in [0.15, 0.2) is 36.7 Å². The number of aliphatic hydroxyl groups is 1. The topological polar surface area (TPSA) is 67.2 Å². The summed E-state index contributed by atoms with van der Waals surface area (Å²) in [6.45, 7) is 0.274. The molecule has 0 radical (unpaired) electrons. The number of hydrogen-bond donors (Lipinski definition) is 2. The molecule has 1 aliphatic carbocycles. The molecule has 0 spiro atoms. The highest BCUT2D eigenvalue weighted by Crippen LogP contribution is 2.34. The van der Waals surface area contributed by atoms with E-state index in [0.29, 0.717) is 19.3 Å². The molecule has 0 bridgehead atoms. The predicted octanol–water partition coefficient (Wildman–Crippen LogP) is 1.69. The second-order valence-corrected chi connectivity index (χ2v) is 6.34. The Labute approximate surface area is 136 Å². The molecule has 1 aromatic carbocycles. The van der Waals surface area contributed by atoms with Crippen LogP contribution >= 0.6 is 0 Å². The number of carbonyl (C=O) groups is 1. The van der Waals surface area contributed by atoms with Crippen LogP contribution in [0, 0.1) is 0 Å². The third-order valence-corrected chi connectivity index (χ3v) is 4.53. The molecule has 2 aromatic rings. The minimum atomic E-state index is -0.946. The highest BCUT2D eigenvalue weighted by atomic mass is 16.3. The minimum Gasteiger partial charge on any atom is -0.383 e. The molecule has 5 heteroatoms. The van der Waals surface area contributed by atoms with Gasteiger partial charge in [0.25, 0.3) is 0 Å². The number of carbonyl (C=O) groups excluding carboxylic acids is 1. The molecule has 0 saturated carbocycles. The molecule has 1 aromatic heterocycles. The van der Waals surface area contributed by atoms with E-state index in [2.05, 4.69) is 16.5 Å². The fourth-order valence-corrected chi connectivity index (χ4v) is 3.27. The highest BCUT2D eigenvalue weighted by Gasteiger charge is 2.34. The summed E-state index contributed by atoms with van der Waals surface area (Å²) in [5.41, 5.74) is 2.24. The molecule has 2 N–H and O–H groups in total. The summed E-state index contributed by atoms with van der Waals surface area (Å²) in [6.07, 6.45) is 7.38. The molecular formula is C18H23N3O2. The summed E-state index contributed by atoms with van der Waals surface area (Å²) in [5, 5.41) is 17.9. The number of hydrogen-bond acceptors (Lipinski definition) is 3. The van der Waals surface area contributed by atoms with Crippen molar-refractivity contribution in [2.45, 2.75) is 37.7 Å². The van der Waals surface area contributed by atoms with Gasteiger partial charge in [-0.2, -0.15) is 5.10 Å². The van der Waals surface area contributed by atoms with Crippen LogP contribution < -0.4 is 5.32 Å². The van der Waals surface area contributed by atoms with Crippen molar-refractivity contribution in [2.75, 3.05) is 6.54 Å². The normalized spacial score (nSPS) is 20.1. The lowest BCUT2D eigenvalue weighted by Crippen LogP contribution is -2.43. The maximum absolute atomic E-state index is 12.1. The van der Waals surface area contributed by atoms with Gasteiger partial charge in [-0.25, -0.2) is 0 Å². The number of nitrogens with one attached hydrogen (secondary N) is 1. The Morgan fingerprint density at radius 1 is 1.43 bits per heavy atom. The number of fused-ring (bicyclic) bond motifs is 1. The number of aromatic nitrogens is 2. The van der Waals surface area contributed by atoms with Crippen molar-refractivity contribution in [2.24, 2.45) is 7.05 Å².